The number of benzene rings is 2. The van der Waals surface area contributed by atoms with Crippen molar-refractivity contribution in [1.29, 1.82) is 0 Å². The molecule has 0 radical (unpaired) electrons. The summed E-state index contributed by atoms with van der Waals surface area (Å²) in [7, 11) is 0. The minimum absolute atomic E-state index is 0.0119. The summed E-state index contributed by atoms with van der Waals surface area (Å²) in [5, 5.41) is 12.2. The van der Waals surface area contributed by atoms with Gasteiger partial charge in [0.1, 0.15) is 5.84 Å². The largest absolute Gasteiger partial charge is 0.395 e. The molecule has 0 bridgehead atoms. The lowest BCUT2D eigenvalue weighted by Gasteiger charge is -2.22. The molecule has 2 aromatic rings. The molecule has 0 aromatic heterocycles. The Labute approximate surface area is 195 Å². The number of nitrogens with one attached hydrogen (secondary N) is 1. The van der Waals surface area contributed by atoms with Crippen molar-refractivity contribution >= 4 is 35.5 Å². The Hall–Kier alpha value is -3.45. The number of nitrogens with zero attached hydrogens (tertiary/aromatic N) is 2. The van der Waals surface area contributed by atoms with E-state index in [1.54, 1.807) is 6.07 Å². The maximum Gasteiger partial charge on any atom is 0.250 e. The van der Waals surface area contributed by atoms with Gasteiger partial charge in [-0.3, -0.25) is 9.59 Å². The second-order valence-corrected chi connectivity index (χ2v) is 8.09. The van der Waals surface area contributed by atoms with Crippen LogP contribution in [-0.2, 0) is 4.79 Å². The molecule has 0 fully saturated rings. The third kappa shape index (κ3) is 5.87. The number of aldehydes is 1. The first kappa shape index (κ1) is 24.2. The van der Waals surface area contributed by atoms with Gasteiger partial charge in [0, 0.05) is 48.4 Å². The van der Waals surface area contributed by atoms with Gasteiger partial charge < -0.3 is 21.1 Å². The molecule has 0 spiro atoms. The van der Waals surface area contributed by atoms with E-state index in [1.807, 2.05) is 41.3 Å². The van der Waals surface area contributed by atoms with Gasteiger partial charge in [0.15, 0.2) is 6.29 Å². The van der Waals surface area contributed by atoms with Crippen molar-refractivity contribution < 1.29 is 14.7 Å². The SMILES string of the molecule is CCCN(CCC)C(=O)C1=Cc2ccc(-c3ccc(C=O)c(NCCO)c3)cc2N=C(N)C1. The van der Waals surface area contributed by atoms with Gasteiger partial charge in [-0.1, -0.05) is 32.0 Å². The zero-order valence-corrected chi connectivity index (χ0v) is 19.3. The van der Waals surface area contributed by atoms with Crippen LogP contribution < -0.4 is 11.1 Å². The van der Waals surface area contributed by atoms with Gasteiger partial charge in [-0.25, -0.2) is 4.99 Å². The summed E-state index contributed by atoms with van der Waals surface area (Å²) in [5.41, 5.74) is 11.4. The maximum atomic E-state index is 13.2. The molecule has 1 amide bonds. The summed E-state index contributed by atoms with van der Waals surface area (Å²) in [4.78, 5) is 31.0. The highest BCUT2D eigenvalue weighted by Gasteiger charge is 2.21. The monoisotopic (exact) mass is 448 g/mol. The molecule has 3 rings (SSSR count). The van der Waals surface area contributed by atoms with Gasteiger partial charge in [-0.2, -0.15) is 0 Å². The number of anilines is 1. The van der Waals surface area contributed by atoms with Gasteiger partial charge in [0.25, 0.3) is 0 Å². The van der Waals surface area contributed by atoms with Crippen molar-refractivity contribution in [3.05, 3.63) is 53.1 Å². The van der Waals surface area contributed by atoms with Crippen molar-refractivity contribution in [1.82, 2.24) is 4.90 Å². The number of amidine groups is 1. The Bertz CT molecular complexity index is 1070. The number of fused-ring (bicyclic) bond motifs is 1. The van der Waals surface area contributed by atoms with Crippen LogP contribution in [0.2, 0.25) is 0 Å². The number of carbonyl (C=O) groups excluding carboxylic acids is 2. The molecule has 0 unspecified atom stereocenters. The standard InChI is InChI=1S/C26H32N4O3/c1-3-10-30(11-4-2)26(33)22-13-20-7-5-19(15-24(20)29-25(27)16-22)18-6-8-21(17-32)23(14-18)28-9-12-31/h5-8,13-15,17,28,31H,3-4,9-12,16H2,1-2H3,(H2,27,29). The number of rotatable bonds is 10. The Balaban J connectivity index is 1.97. The Kier molecular flexibility index (Phi) is 8.38. The number of aliphatic hydroxyl groups excluding tert-OH is 1. The quantitative estimate of drug-likeness (QED) is 0.476. The summed E-state index contributed by atoms with van der Waals surface area (Å²) in [6.45, 7) is 5.89. The predicted molar refractivity (Wildman–Crippen MR) is 134 cm³/mol. The van der Waals surface area contributed by atoms with Gasteiger partial charge >= 0.3 is 0 Å². The molecular formula is C26H32N4O3. The van der Waals surface area contributed by atoms with E-state index in [1.165, 1.54) is 0 Å². The number of hydrogen-bond donors (Lipinski definition) is 3. The van der Waals surface area contributed by atoms with E-state index in [-0.39, 0.29) is 12.5 Å². The van der Waals surface area contributed by atoms with E-state index < -0.39 is 0 Å². The second kappa shape index (κ2) is 11.4. The number of aliphatic imine (C=N–C) groups is 1. The summed E-state index contributed by atoms with van der Waals surface area (Å²) in [6, 6.07) is 11.3. The van der Waals surface area contributed by atoms with E-state index >= 15 is 0 Å². The van der Waals surface area contributed by atoms with E-state index in [4.69, 9.17) is 10.8 Å². The van der Waals surface area contributed by atoms with Crippen LogP contribution in [0.25, 0.3) is 17.2 Å². The average molecular weight is 449 g/mol. The van der Waals surface area contributed by atoms with Gasteiger partial charge in [0.2, 0.25) is 5.91 Å². The summed E-state index contributed by atoms with van der Waals surface area (Å²) in [5.74, 6) is 0.415. The van der Waals surface area contributed by atoms with Gasteiger partial charge in [-0.05, 0) is 48.2 Å². The zero-order chi connectivity index (χ0) is 23.8. The lowest BCUT2D eigenvalue weighted by molar-refractivity contribution is -0.127. The van der Waals surface area contributed by atoms with E-state index in [0.717, 1.165) is 48.9 Å². The first-order valence-electron chi connectivity index (χ1n) is 11.4. The van der Waals surface area contributed by atoms with Crippen LogP contribution in [0.3, 0.4) is 0 Å². The summed E-state index contributed by atoms with van der Waals surface area (Å²) < 4.78 is 0. The molecule has 1 aliphatic rings. The normalized spacial score (nSPS) is 12.8. The lowest BCUT2D eigenvalue weighted by Crippen LogP contribution is -2.34. The van der Waals surface area contributed by atoms with Crippen LogP contribution in [0.4, 0.5) is 11.4 Å². The van der Waals surface area contributed by atoms with Crippen LogP contribution in [-0.4, -0.2) is 54.3 Å². The number of carbonyl (C=O) groups is 2. The topological polar surface area (TPSA) is 108 Å². The van der Waals surface area contributed by atoms with Crippen LogP contribution in [0.5, 0.6) is 0 Å². The summed E-state index contributed by atoms with van der Waals surface area (Å²) >= 11 is 0. The van der Waals surface area contributed by atoms with Crippen molar-refractivity contribution in [2.45, 2.75) is 33.1 Å². The van der Waals surface area contributed by atoms with Crippen LogP contribution in [0, 0.1) is 0 Å². The molecule has 2 aromatic carbocycles. The predicted octanol–water partition coefficient (Wildman–Crippen LogP) is 3.99. The third-order valence-corrected chi connectivity index (χ3v) is 5.49. The van der Waals surface area contributed by atoms with Crippen LogP contribution >= 0.6 is 0 Å². The van der Waals surface area contributed by atoms with Crippen molar-refractivity contribution in [2.75, 3.05) is 31.6 Å². The molecule has 1 heterocycles. The number of aliphatic hydroxyl groups is 1. The molecule has 4 N–H and O–H groups in total. The van der Waals surface area contributed by atoms with Crippen molar-refractivity contribution in [3.63, 3.8) is 0 Å². The Morgan fingerprint density at radius 2 is 1.85 bits per heavy atom. The molecule has 0 atom stereocenters. The molecule has 7 heteroatoms. The molecule has 1 aliphatic heterocycles. The fraction of sp³-hybridized carbons (Fsp3) is 0.346. The van der Waals surface area contributed by atoms with E-state index in [0.29, 0.717) is 41.3 Å². The van der Waals surface area contributed by atoms with Gasteiger partial charge in [-0.15, -0.1) is 0 Å². The van der Waals surface area contributed by atoms with E-state index in [2.05, 4.69) is 24.2 Å². The molecule has 0 saturated heterocycles. The molecule has 0 saturated carbocycles. The fourth-order valence-corrected chi connectivity index (χ4v) is 3.95. The summed E-state index contributed by atoms with van der Waals surface area (Å²) in [6.07, 6.45) is 4.80. The van der Waals surface area contributed by atoms with Crippen molar-refractivity contribution in [3.8, 4) is 11.1 Å². The minimum atomic E-state index is -0.0311. The van der Waals surface area contributed by atoms with Crippen molar-refractivity contribution in [2.24, 2.45) is 10.7 Å². The number of hydrogen-bond acceptors (Lipinski definition) is 6. The fourth-order valence-electron chi connectivity index (χ4n) is 3.95. The molecule has 33 heavy (non-hydrogen) atoms. The molecule has 174 valence electrons. The highest BCUT2D eigenvalue weighted by Crippen LogP contribution is 2.33. The maximum absolute atomic E-state index is 13.2. The highest BCUT2D eigenvalue weighted by molar-refractivity contribution is 6.05. The number of amides is 1. The molecule has 0 aliphatic carbocycles. The van der Waals surface area contributed by atoms with E-state index in [9.17, 15) is 9.59 Å². The first-order chi connectivity index (χ1) is 16.0. The zero-order valence-electron chi connectivity index (χ0n) is 19.3. The van der Waals surface area contributed by atoms with Crippen LogP contribution in [0.1, 0.15) is 49.0 Å². The smallest absolute Gasteiger partial charge is 0.250 e. The third-order valence-electron chi connectivity index (χ3n) is 5.49. The molecular weight excluding hydrogens is 416 g/mol. The second-order valence-electron chi connectivity index (χ2n) is 8.09. The lowest BCUT2D eigenvalue weighted by atomic mass is 9.99. The van der Waals surface area contributed by atoms with Crippen LogP contribution in [0.15, 0.2) is 47.0 Å². The Morgan fingerprint density at radius 1 is 1.15 bits per heavy atom. The Morgan fingerprint density at radius 3 is 2.52 bits per heavy atom. The minimum Gasteiger partial charge on any atom is -0.395 e. The highest BCUT2D eigenvalue weighted by atomic mass is 16.3. The molecule has 7 nitrogen and oxygen atoms in total. The average Bonchev–Trinajstić information content (AvgIpc) is 2.99. The van der Waals surface area contributed by atoms with Gasteiger partial charge in [0.05, 0.1) is 12.3 Å². The number of nitrogens with two attached hydrogens (primary N) is 1. The first-order valence-corrected chi connectivity index (χ1v) is 11.4.